The van der Waals surface area contributed by atoms with Gasteiger partial charge in [0, 0.05) is 9.80 Å². The highest BCUT2D eigenvalue weighted by molar-refractivity contribution is 9.10. The normalized spacial score (nSPS) is 9.42. The zero-order chi connectivity index (χ0) is 8.97. The fourth-order valence-corrected chi connectivity index (χ4v) is 1.91. The average molecular weight is 289 g/mol. The first kappa shape index (κ1) is 9.76. The first-order valence-corrected chi connectivity index (χ1v) is 5.39. The van der Waals surface area contributed by atoms with Crippen molar-refractivity contribution in [1.29, 1.82) is 5.26 Å². The number of hydrogen-bond acceptors (Lipinski definition) is 1. The molecule has 0 aromatic heterocycles. The monoisotopic (exact) mass is 287 g/mol. The molecular formula is C9H7Br2N. The number of halogens is 2. The van der Waals surface area contributed by atoms with Crippen LogP contribution < -0.4 is 0 Å². The highest BCUT2D eigenvalue weighted by Gasteiger charge is 2.00. The van der Waals surface area contributed by atoms with E-state index in [-0.39, 0.29) is 0 Å². The van der Waals surface area contributed by atoms with E-state index in [1.54, 1.807) is 0 Å². The van der Waals surface area contributed by atoms with Gasteiger partial charge in [-0.05, 0) is 23.3 Å². The lowest BCUT2D eigenvalue weighted by Gasteiger charge is -2.02. The summed E-state index contributed by atoms with van der Waals surface area (Å²) in [5, 5.41) is 9.33. The van der Waals surface area contributed by atoms with Crippen molar-refractivity contribution in [1.82, 2.24) is 0 Å². The molecule has 0 saturated heterocycles. The van der Waals surface area contributed by atoms with Gasteiger partial charge in [-0.1, -0.05) is 37.9 Å². The molecule has 12 heavy (non-hydrogen) atoms. The third-order valence-corrected chi connectivity index (χ3v) is 2.68. The lowest BCUT2D eigenvalue weighted by molar-refractivity contribution is 1.20. The van der Waals surface area contributed by atoms with E-state index in [2.05, 4.69) is 37.9 Å². The molecule has 0 aliphatic heterocycles. The molecule has 0 heterocycles. The number of rotatable bonds is 2. The van der Waals surface area contributed by atoms with E-state index in [1.165, 1.54) is 5.56 Å². The molecular weight excluding hydrogens is 282 g/mol. The first-order chi connectivity index (χ1) is 5.77. The molecule has 1 aromatic carbocycles. The van der Waals surface area contributed by atoms with Gasteiger partial charge in [-0.25, -0.2) is 0 Å². The third-order valence-electron chi connectivity index (χ3n) is 1.58. The van der Waals surface area contributed by atoms with Crippen LogP contribution in [0.2, 0.25) is 0 Å². The summed E-state index contributed by atoms with van der Waals surface area (Å²) in [7, 11) is 0. The van der Waals surface area contributed by atoms with Crippen molar-refractivity contribution in [2.75, 3.05) is 0 Å². The Balaban J connectivity index is 3.04. The number of benzene rings is 1. The minimum Gasteiger partial charge on any atom is -0.198 e. The van der Waals surface area contributed by atoms with Crippen molar-refractivity contribution in [3.8, 4) is 6.07 Å². The SMILES string of the molecule is N#CCc1ccc(Br)cc1CBr. The van der Waals surface area contributed by atoms with Crippen LogP contribution in [0.15, 0.2) is 22.7 Å². The largest absolute Gasteiger partial charge is 0.198 e. The van der Waals surface area contributed by atoms with E-state index in [0.29, 0.717) is 6.42 Å². The van der Waals surface area contributed by atoms with Crippen molar-refractivity contribution in [3.63, 3.8) is 0 Å². The highest BCUT2D eigenvalue weighted by Crippen LogP contribution is 2.19. The maximum atomic E-state index is 8.53. The van der Waals surface area contributed by atoms with Gasteiger partial charge in [-0.2, -0.15) is 5.26 Å². The molecule has 0 spiro atoms. The van der Waals surface area contributed by atoms with E-state index < -0.39 is 0 Å². The minimum absolute atomic E-state index is 0.480. The molecule has 0 fully saturated rings. The Kier molecular flexibility index (Phi) is 3.77. The zero-order valence-corrected chi connectivity index (χ0v) is 9.52. The molecule has 0 amide bonds. The molecule has 3 heteroatoms. The van der Waals surface area contributed by atoms with Crippen molar-refractivity contribution < 1.29 is 0 Å². The summed E-state index contributed by atoms with van der Waals surface area (Å²) in [6.07, 6.45) is 0.480. The van der Waals surface area contributed by atoms with Crippen LogP contribution in [0.5, 0.6) is 0 Å². The van der Waals surface area contributed by atoms with Gasteiger partial charge in [0.2, 0.25) is 0 Å². The fraction of sp³-hybridized carbons (Fsp3) is 0.222. The molecule has 0 aliphatic rings. The first-order valence-electron chi connectivity index (χ1n) is 3.48. The van der Waals surface area contributed by atoms with Crippen molar-refractivity contribution >= 4 is 31.9 Å². The second kappa shape index (κ2) is 4.64. The van der Waals surface area contributed by atoms with Crippen LogP contribution in [0.3, 0.4) is 0 Å². The molecule has 1 nitrogen and oxygen atoms in total. The van der Waals surface area contributed by atoms with Gasteiger partial charge in [0.25, 0.3) is 0 Å². The van der Waals surface area contributed by atoms with Crippen LogP contribution in [0, 0.1) is 11.3 Å². The summed E-state index contributed by atoms with van der Waals surface area (Å²) in [4.78, 5) is 0. The molecule has 1 aromatic rings. The topological polar surface area (TPSA) is 23.8 Å². The van der Waals surface area contributed by atoms with E-state index in [9.17, 15) is 0 Å². The van der Waals surface area contributed by atoms with Crippen LogP contribution in [0.4, 0.5) is 0 Å². The maximum Gasteiger partial charge on any atom is 0.0669 e. The van der Waals surface area contributed by atoms with Gasteiger partial charge in [-0.3, -0.25) is 0 Å². The lowest BCUT2D eigenvalue weighted by atomic mass is 10.1. The lowest BCUT2D eigenvalue weighted by Crippen LogP contribution is -1.89. The molecule has 0 saturated carbocycles. The number of alkyl halides is 1. The molecule has 0 radical (unpaired) electrons. The fourth-order valence-electron chi connectivity index (χ4n) is 0.977. The summed E-state index contributed by atoms with van der Waals surface area (Å²) >= 11 is 6.77. The number of nitrogens with zero attached hydrogens (tertiary/aromatic N) is 1. The summed E-state index contributed by atoms with van der Waals surface area (Å²) in [6.45, 7) is 0. The Bertz CT molecular complexity index is 315. The Labute approximate surface area is 88.7 Å². The molecule has 1 rings (SSSR count). The molecule has 0 bridgehead atoms. The van der Waals surface area contributed by atoms with Crippen LogP contribution in [-0.2, 0) is 11.8 Å². The van der Waals surface area contributed by atoms with Gasteiger partial charge in [0.1, 0.15) is 0 Å². The zero-order valence-electron chi connectivity index (χ0n) is 6.35. The molecule has 0 atom stereocenters. The van der Waals surface area contributed by atoms with Gasteiger partial charge in [0.15, 0.2) is 0 Å². The molecule has 0 N–H and O–H groups in total. The van der Waals surface area contributed by atoms with Gasteiger partial charge < -0.3 is 0 Å². The van der Waals surface area contributed by atoms with Crippen molar-refractivity contribution in [2.24, 2.45) is 0 Å². The van der Waals surface area contributed by atoms with Gasteiger partial charge in [0.05, 0.1) is 12.5 Å². The Hall–Kier alpha value is -0.330. The second-order valence-corrected chi connectivity index (χ2v) is 3.86. The molecule has 0 unspecified atom stereocenters. The van der Waals surface area contributed by atoms with E-state index >= 15 is 0 Å². The highest BCUT2D eigenvalue weighted by atomic mass is 79.9. The van der Waals surface area contributed by atoms with Crippen molar-refractivity contribution in [2.45, 2.75) is 11.8 Å². The second-order valence-electron chi connectivity index (χ2n) is 2.38. The summed E-state index contributed by atoms with van der Waals surface area (Å²) < 4.78 is 1.05. The predicted molar refractivity (Wildman–Crippen MR) is 56.1 cm³/mol. The Morgan fingerprint density at radius 2 is 2.08 bits per heavy atom. The minimum atomic E-state index is 0.480. The summed E-state index contributed by atoms with van der Waals surface area (Å²) in [5.41, 5.74) is 2.27. The molecule has 62 valence electrons. The maximum absolute atomic E-state index is 8.53. The van der Waals surface area contributed by atoms with Crippen LogP contribution in [-0.4, -0.2) is 0 Å². The van der Waals surface area contributed by atoms with Crippen LogP contribution >= 0.6 is 31.9 Å². The quantitative estimate of drug-likeness (QED) is 0.765. The standard InChI is InChI=1S/C9H7Br2N/c10-6-8-5-9(11)2-1-7(8)3-4-12/h1-2,5H,3,6H2. The van der Waals surface area contributed by atoms with E-state index in [1.807, 2.05) is 18.2 Å². The number of hydrogen-bond donors (Lipinski definition) is 0. The summed E-state index contributed by atoms with van der Waals surface area (Å²) in [5.74, 6) is 0. The van der Waals surface area contributed by atoms with Crippen LogP contribution in [0.1, 0.15) is 11.1 Å². The van der Waals surface area contributed by atoms with Gasteiger partial charge in [-0.15, -0.1) is 0 Å². The van der Waals surface area contributed by atoms with Gasteiger partial charge >= 0.3 is 0 Å². The third kappa shape index (κ3) is 2.33. The van der Waals surface area contributed by atoms with Crippen molar-refractivity contribution in [3.05, 3.63) is 33.8 Å². The van der Waals surface area contributed by atoms with E-state index in [0.717, 1.165) is 15.4 Å². The molecule has 0 aliphatic carbocycles. The van der Waals surface area contributed by atoms with Crippen LogP contribution in [0.25, 0.3) is 0 Å². The summed E-state index contributed by atoms with van der Waals surface area (Å²) in [6, 6.07) is 8.10. The smallest absolute Gasteiger partial charge is 0.0669 e. The average Bonchev–Trinajstić information content (AvgIpc) is 2.08. The number of nitriles is 1. The van der Waals surface area contributed by atoms with E-state index in [4.69, 9.17) is 5.26 Å². The Morgan fingerprint density at radius 1 is 1.33 bits per heavy atom. The Morgan fingerprint density at radius 3 is 2.67 bits per heavy atom. The predicted octanol–water partition coefficient (Wildman–Crippen LogP) is 3.41.